The lowest BCUT2D eigenvalue weighted by Crippen LogP contribution is -2.45. The van der Waals surface area contributed by atoms with Crippen molar-refractivity contribution in [2.24, 2.45) is 29.6 Å². The molecule has 3 aliphatic rings. The van der Waals surface area contributed by atoms with Crippen LogP contribution in [0.5, 0.6) is 5.75 Å². The van der Waals surface area contributed by atoms with Crippen molar-refractivity contribution in [3.05, 3.63) is 59.7 Å². The fourth-order valence-corrected chi connectivity index (χ4v) is 6.98. The van der Waals surface area contributed by atoms with E-state index in [1.807, 2.05) is 36.4 Å². The van der Waals surface area contributed by atoms with Crippen molar-refractivity contribution in [2.75, 3.05) is 5.32 Å². The number of fused-ring (bicyclic) bond motifs is 2. The normalized spacial score (nSPS) is 31.6. The summed E-state index contributed by atoms with van der Waals surface area (Å²) in [7, 11) is 0. The first-order chi connectivity index (χ1) is 15.0. The molecular formula is C27H31NO3. The van der Waals surface area contributed by atoms with Gasteiger partial charge in [0.2, 0.25) is 0 Å². The Morgan fingerprint density at radius 1 is 0.968 bits per heavy atom. The highest BCUT2D eigenvalue weighted by molar-refractivity contribution is 5.85. The number of carboxylic acids is 1. The smallest absolute Gasteiger partial charge is 0.328 e. The first kappa shape index (κ1) is 20.2. The molecule has 0 aromatic heterocycles. The number of anilines is 2. The summed E-state index contributed by atoms with van der Waals surface area (Å²) in [6.07, 6.45) is 9.46. The zero-order valence-corrected chi connectivity index (χ0v) is 18.0. The highest BCUT2D eigenvalue weighted by atomic mass is 16.4. The molecule has 4 nitrogen and oxygen atoms in total. The van der Waals surface area contributed by atoms with Crippen LogP contribution in [0.4, 0.5) is 11.4 Å². The summed E-state index contributed by atoms with van der Waals surface area (Å²) in [5, 5.41) is 23.0. The quantitative estimate of drug-likeness (QED) is 0.388. The van der Waals surface area contributed by atoms with Crippen LogP contribution < -0.4 is 5.32 Å². The predicted molar refractivity (Wildman–Crippen MR) is 123 cm³/mol. The molecule has 0 saturated heterocycles. The molecule has 3 saturated carbocycles. The van der Waals surface area contributed by atoms with Crippen molar-refractivity contribution in [3.63, 3.8) is 0 Å². The third-order valence-electron chi connectivity index (χ3n) is 7.94. The monoisotopic (exact) mass is 417 g/mol. The van der Waals surface area contributed by atoms with E-state index in [4.69, 9.17) is 5.11 Å². The Morgan fingerprint density at radius 2 is 1.68 bits per heavy atom. The second-order valence-electron chi connectivity index (χ2n) is 10.0. The molecule has 5 rings (SSSR count). The molecule has 6 unspecified atom stereocenters. The summed E-state index contributed by atoms with van der Waals surface area (Å²) in [5.74, 6) is 3.93. The molecule has 2 aromatic rings. The molecule has 0 amide bonds. The van der Waals surface area contributed by atoms with Crippen LogP contribution in [0.1, 0.15) is 56.1 Å². The molecule has 0 spiro atoms. The van der Waals surface area contributed by atoms with Gasteiger partial charge < -0.3 is 15.5 Å². The van der Waals surface area contributed by atoms with E-state index in [-0.39, 0.29) is 0 Å². The Labute approximate surface area is 184 Å². The second kappa shape index (κ2) is 8.07. The molecule has 0 radical (unpaired) electrons. The van der Waals surface area contributed by atoms with E-state index in [1.54, 1.807) is 6.08 Å². The highest BCUT2D eigenvalue weighted by Gasteiger charge is 2.49. The number of aliphatic carboxylic acids is 1. The third kappa shape index (κ3) is 4.08. The molecule has 0 heterocycles. The molecule has 2 aromatic carbocycles. The SMILES string of the molecule is CC1CC2CC3CC(C2)C1C(c1cc(Nc2ccc(/C=C/C(=O)O)cc2)ccc1O)C3. The van der Waals surface area contributed by atoms with Crippen molar-refractivity contribution < 1.29 is 15.0 Å². The number of hydrogen-bond donors (Lipinski definition) is 3. The average molecular weight is 418 g/mol. The Morgan fingerprint density at radius 3 is 2.42 bits per heavy atom. The molecule has 3 fully saturated rings. The van der Waals surface area contributed by atoms with Gasteiger partial charge in [0.05, 0.1) is 0 Å². The Bertz CT molecular complexity index is 987. The summed E-state index contributed by atoms with van der Waals surface area (Å²) in [6.45, 7) is 2.43. The van der Waals surface area contributed by atoms with Gasteiger partial charge >= 0.3 is 5.97 Å². The van der Waals surface area contributed by atoms with E-state index in [1.165, 1.54) is 32.1 Å². The number of aromatic hydroxyl groups is 1. The molecule has 3 bridgehead atoms. The molecule has 31 heavy (non-hydrogen) atoms. The van der Waals surface area contributed by atoms with Crippen LogP contribution in [0.15, 0.2) is 48.5 Å². The zero-order valence-electron chi connectivity index (χ0n) is 18.0. The molecule has 3 aliphatic carbocycles. The lowest BCUT2D eigenvalue weighted by atomic mass is 9.50. The standard InChI is InChI=1S/C27H31NO3/c1-16-10-18-11-19-13-20(12-18)27(16)24(14-19)23-15-22(7-8-25(23)29)28-21-5-2-17(3-6-21)4-9-26(30)31/h2-9,15-16,18-20,24,27-29H,10-14H2,1H3,(H,30,31)/b9-4+. The molecular weight excluding hydrogens is 386 g/mol. The van der Waals surface area contributed by atoms with Crippen molar-refractivity contribution in [2.45, 2.75) is 44.9 Å². The van der Waals surface area contributed by atoms with Crippen LogP contribution >= 0.6 is 0 Å². The van der Waals surface area contributed by atoms with Gasteiger partial charge in [-0.3, -0.25) is 0 Å². The number of hydrogen-bond acceptors (Lipinski definition) is 3. The Balaban J connectivity index is 1.38. The Kier molecular flexibility index (Phi) is 5.25. The summed E-state index contributed by atoms with van der Waals surface area (Å²) in [5.41, 5.74) is 3.88. The van der Waals surface area contributed by atoms with Gasteiger partial charge in [-0.15, -0.1) is 0 Å². The van der Waals surface area contributed by atoms with Crippen molar-refractivity contribution in [1.82, 2.24) is 0 Å². The molecule has 4 heteroatoms. The number of nitrogens with one attached hydrogen (secondary N) is 1. The first-order valence-corrected chi connectivity index (χ1v) is 11.6. The van der Waals surface area contributed by atoms with Gasteiger partial charge in [0.15, 0.2) is 0 Å². The average Bonchev–Trinajstić information content (AvgIpc) is 2.73. The zero-order chi connectivity index (χ0) is 21.5. The van der Waals surface area contributed by atoms with Gasteiger partial charge in [0, 0.05) is 17.5 Å². The minimum Gasteiger partial charge on any atom is -0.508 e. The maximum absolute atomic E-state index is 10.8. The van der Waals surface area contributed by atoms with Crippen LogP contribution in [0, 0.1) is 29.6 Å². The van der Waals surface area contributed by atoms with Crippen molar-refractivity contribution in [1.29, 1.82) is 0 Å². The summed E-state index contributed by atoms with van der Waals surface area (Å²) in [6, 6.07) is 13.6. The minimum atomic E-state index is -0.950. The van der Waals surface area contributed by atoms with Crippen LogP contribution in [0.2, 0.25) is 0 Å². The topological polar surface area (TPSA) is 69.6 Å². The van der Waals surface area contributed by atoms with Gasteiger partial charge in [-0.2, -0.15) is 0 Å². The maximum Gasteiger partial charge on any atom is 0.328 e. The lowest BCUT2D eigenvalue weighted by Gasteiger charge is -2.55. The maximum atomic E-state index is 10.8. The lowest BCUT2D eigenvalue weighted by molar-refractivity contribution is -0.131. The molecule has 6 atom stereocenters. The number of carboxylic acid groups (broad SMARTS) is 1. The van der Waals surface area contributed by atoms with E-state index in [0.29, 0.717) is 17.6 Å². The molecule has 162 valence electrons. The van der Waals surface area contributed by atoms with Crippen molar-refractivity contribution in [3.8, 4) is 5.75 Å². The van der Waals surface area contributed by atoms with E-state index in [2.05, 4.69) is 18.3 Å². The van der Waals surface area contributed by atoms with Crippen molar-refractivity contribution >= 4 is 23.4 Å². The minimum absolute atomic E-state index is 0.430. The second-order valence-corrected chi connectivity index (χ2v) is 10.0. The van der Waals surface area contributed by atoms with E-state index in [0.717, 1.165) is 52.2 Å². The predicted octanol–water partition coefficient (Wildman–Crippen LogP) is 6.41. The molecule has 0 aliphatic heterocycles. The summed E-state index contributed by atoms with van der Waals surface area (Å²) in [4.78, 5) is 10.7. The highest BCUT2D eigenvalue weighted by Crippen LogP contribution is 2.60. The Hall–Kier alpha value is -2.75. The number of phenols is 1. The number of carbonyl (C=O) groups is 1. The summed E-state index contributed by atoms with van der Waals surface area (Å²) < 4.78 is 0. The van der Waals surface area contributed by atoms with Crippen LogP contribution in [-0.2, 0) is 4.79 Å². The van der Waals surface area contributed by atoms with Crippen LogP contribution in [0.25, 0.3) is 6.08 Å². The number of benzene rings is 2. The van der Waals surface area contributed by atoms with Crippen LogP contribution in [0.3, 0.4) is 0 Å². The van der Waals surface area contributed by atoms with Gasteiger partial charge in [0.1, 0.15) is 5.75 Å². The molecule has 3 N–H and O–H groups in total. The van der Waals surface area contributed by atoms with Gasteiger partial charge in [-0.25, -0.2) is 4.79 Å². The van der Waals surface area contributed by atoms with E-state index >= 15 is 0 Å². The summed E-state index contributed by atoms with van der Waals surface area (Å²) >= 11 is 0. The number of phenolic OH excluding ortho intramolecular Hbond substituents is 1. The van der Waals surface area contributed by atoms with Crippen LogP contribution in [-0.4, -0.2) is 16.2 Å². The van der Waals surface area contributed by atoms with Gasteiger partial charge in [0.25, 0.3) is 0 Å². The van der Waals surface area contributed by atoms with Gasteiger partial charge in [-0.1, -0.05) is 19.1 Å². The van der Waals surface area contributed by atoms with E-state index in [9.17, 15) is 9.90 Å². The fraction of sp³-hybridized carbons (Fsp3) is 0.444. The number of rotatable bonds is 5. The van der Waals surface area contributed by atoms with E-state index < -0.39 is 5.97 Å². The largest absolute Gasteiger partial charge is 0.508 e. The third-order valence-corrected chi connectivity index (χ3v) is 7.94. The van der Waals surface area contributed by atoms with Gasteiger partial charge in [-0.05, 0) is 115 Å². The fourth-order valence-electron chi connectivity index (χ4n) is 6.98. The first-order valence-electron chi connectivity index (χ1n) is 11.6.